The molecule has 4 nitrogen and oxygen atoms in total. The number of likely N-dealkylation sites (tertiary alicyclic amines) is 1. The SMILES string of the molecule is CCN1CCC(Nc2cc(N)ns2)CC1. The van der Waals surface area contributed by atoms with Crippen molar-refractivity contribution >= 4 is 22.4 Å². The second-order valence-corrected chi connectivity index (χ2v) is 4.77. The number of aromatic nitrogens is 1. The highest BCUT2D eigenvalue weighted by atomic mass is 32.1. The number of nitrogens with two attached hydrogens (primary N) is 1. The van der Waals surface area contributed by atoms with E-state index in [9.17, 15) is 0 Å². The van der Waals surface area contributed by atoms with E-state index in [1.54, 1.807) is 0 Å². The molecule has 5 heteroatoms. The van der Waals surface area contributed by atoms with Crippen LogP contribution >= 0.6 is 11.5 Å². The molecule has 0 unspecified atom stereocenters. The van der Waals surface area contributed by atoms with Gasteiger partial charge in [0.1, 0.15) is 10.8 Å². The van der Waals surface area contributed by atoms with Crippen molar-refractivity contribution in [3.05, 3.63) is 6.07 Å². The van der Waals surface area contributed by atoms with Crippen LogP contribution < -0.4 is 11.1 Å². The first kappa shape index (κ1) is 10.7. The van der Waals surface area contributed by atoms with Crippen molar-refractivity contribution < 1.29 is 0 Å². The van der Waals surface area contributed by atoms with E-state index in [0.717, 1.165) is 5.00 Å². The quantitative estimate of drug-likeness (QED) is 0.822. The van der Waals surface area contributed by atoms with E-state index in [2.05, 4.69) is 21.5 Å². The van der Waals surface area contributed by atoms with Crippen LogP contribution in [0.4, 0.5) is 10.8 Å². The molecule has 15 heavy (non-hydrogen) atoms. The van der Waals surface area contributed by atoms with Gasteiger partial charge < -0.3 is 16.0 Å². The Morgan fingerprint density at radius 1 is 1.60 bits per heavy atom. The molecule has 1 aromatic heterocycles. The van der Waals surface area contributed by atoms with Gasteiger partial charge in [0.05, 0.1) is 0 Å². The van der Waals surface area contributed by atoms with Gasteiger partial charge >= 0.3 is 0 Å². The number of piperidine rings is 1. The molecule has 0 bridgehead atoms. The van der Waals surface area contributed by atoms with E-state index in [0.29, 0.717) is 11.9 Å². The van der Waals surface area contributed by atoms with E-state index < -0.39 is 0 Å². The minimum atomic E-state index is 0.590. The van der Waals surface area contributed by atoms with E-state index in [1.807, 2.05) is 6.07 Å². The first-order valence-electron chi connectivity index (χ1n) is 5.49. The summed E-state index contributed by atoms with van der Waals surface area (Å²) in [5, 5.41) is 4.60. The Morgan fingerprint density at radius 3 is 2.87 bits per heavy atom. The van der Waals surface area contributed by atoms with Gasteiger partial charge in [-0.1, -0.05) is 6.92 Å². The first-order chi connectivity index (χ1) is 7.28. The zero-order valence-electron chi connectivity index (χ0n) is 9.07. The number of hydrogen-bond acceptors (Lipinski definition) is 5. The Balaban J connectivity index is 1.82. The second-order valence-electron chi connectivity index (χ2n) is 3.97. The minimum Gasteiger partial charge on any atom is -0.383 e. The van der Waals surface area contributed by atoms with Crippen LogP contribution in [0.5, 0.6) is 0 Å². The second kappa shape index (κ2) is 4.81. The van der Waals surface area contributed by atoms with Gasteiger partial charge in [-0.25, -0.2) is 0 Å². The Morgan fingerprint density at radius 2 is 2.33 bits per heavy atom. The summed E-state index contributed by atoms with van der Waals surface area (Å²) in [6, 6.07) is 2.50. The molecule has 84 valence electrons. The average molecular weight is 226 g/mol. The van der Waals surface area contributed by atoms with E-state index in [1.165, 1.54) is 44.0 Å². The maximum absolute atomic E-state index is 5.58. The van der Waals surface area contributed by atoms with Gasteiger partial charge in [0, 0.05) is 25.2 Å². The fourth-order valence-electron chi connectivity index (χ4n) is 1.95. The molecule has 0 aliphatic carbocycles. The Labute approximate surface area is 94.6 Å². The monoisotopic (exact) mass is 226 g/mol. The normalized spacial score (nSPS) is 19.3. The van der Waals surface area contributed by atoms with E-state index >= 15 is 0 Å². The molecule has 1 fully saturated rings. The lowest BCUT2D eigenvalue weighted by atomic mass is 10.1. The third kappa shape index (κ3) is 2.82. The Kier molecular flexibility index (Phi) is 3.43. The van der Waals surface area contributed by atoms with Crippen molar-refractivity contribution in [1.82, 2.24) is 9.27 Å². The van der Waals surface area contributed by atoms with Crippen molar-refractivity contribution in [2.24, 2.45) is 0 Å². The van der Waals surface area contributed by atoms with Gasteiger partial charge in [0.25, 0.3) is 0 Å². The number of nitrogens with zero attached hydrogens (tertiary/aromatic N) is 2. The third-order valence-electron chi connectivity index (χ3n) is 2.91. The molecule has 0 radical (unpaired) electrons. The van der Waals surface area contributed by atoms with Crippen LogP contribution in [0.1, 0.15) is 19.8 Å². The summed E-state index contributed by atoms with van der Waals surface area (Å²) in [5.41, 5.74) is 5.58. The average Bonchev–Trinajstić information content (AvgIpc) is 2.65. The summed E-state index contributed by atoms with van der Waals surface area (Å²) >= 11 is 1.45. The molecule has 2 rings (SSSR count). The van der Waals surface area contributed by atoms with Crippen LogP contribution in [0, 0.1) is 0 Å². The molecule has 1 aromatic rings. The highest BCUT2D eigenvalue weighted by molar-refractivity contribution is 7.10. The Hall–Kier alpha value is -0.810. The van der Waals surface area contributed by atoms with Gasteiger partial charge in [0.15, 0.2) is 0 Å². The molecule has 0 atom stereocenters. The van der Waals surface area contributed by atoms with Crippen molar-refractivity contribution in [3.63, 3.8) is 0 Å². The molecule has 1 aliphatic heterocycles. The summed E-state index contributed by atoms with van der Waals surface area (Å²) in [6.45, 7) is 5.78. The lowest BCUT2D eigenvalue weighted by Crippen LogP contribution is -2.38. The fraction of sp³-hybridized carbons (Fsp3) is 0.700. The molecular formula is C10H18N4S. The van der Waals surface area contributed by atoms with Crippen molar-refractivity contribution in [2.45, 2.75) is 25.8 Å². The zero-order valence-corrected chi connectivity index (χ0v) is 9.89. The van der Waals surface area contributed by atoms with Crippen LogP contribution in [-0.2, 0) is 0 Å². The fourth-order valence-corrected chi connectivity index (χ4v) is 2.60. The van der Waals surface area contributed by atoms with E-state index in [-0.39, 0.29) is 0 Å². The molecule has 1 saturated heterocycles. The third-order valence-corrected chi connectivity index (χ3v) is 3.64. The van der Waals surface area contributed by atoms with Crippen molar-refractivity contribution in [1.29, 1.82) is 0 Å². The summed E-state index contributed by atoms with van der Waals surface area (Å²) in [4.78, 5) is 2.49. The highest BCUT2D eigenvalue weighted by Gasteiger charge is 2.18. The lowest BCUT2D eigenvalue weighted by Gasteiger charge is -2.31. The molecule has 2 heterocycles. The topological polar surface area (TPSA) is 54.2 Å². The largest absolute Gasteiger partial charge is 0.383 e. The zero-order chi connectivity index (χ0) is 10.7. The van der Waals surface area contributed by atoms with Crippen LogP contribution in [0.25, 0.3) is 0 Å². The predicted octanol–water partition coefficient (Wildman–Crippen LogP) is 1.62. The number of hydrogen-bond donors (Lipinski definition) is 2. The molecule has 1 aliphatic rings. The molecular weight excluding hydrogens is 208 g/mol. The highest BCUT2D eigenvalue weighted by Crippen LogP contribution is 2.21. The molecule has 0 aromatic carbocycles. The van der Waals surface area contributed by atoms with Crippen LogP contribution in [0.15, 0.2) is 6.07 Å². The number of anilines is 2. The number of nitrogens with one attached hydrogen (secondary N) is 1. The van der Waals surface area contributed by atoms with Crippen LogP contribution in [0.2, 0.25) is 0 Å². The van der Waals surface area contributed by atoms with Gasteiger partial charge in [0.2, 0.25) is 0 Å². The van der Waals surface area contributed by atoms with E-state index in [4.69, 9.17) is 5.73 Å². The summed E-state index contributed by atoms with van der Waals surface area (Å²) in [6.07, 6.45) is 2.43. The van der Waals surface area contributed by atoms with Crippen LogP contribution in [0.3, 0.4) is 0 Å². The van der Waals surface area contributed by atoms with Gasteiger partial charge in [-0.05, 0) is 30.9 Å². The maximum atomic E-state index is 5.58. The van der Waals surface area contributed by atoms with Gasteiger partial charge in [-0.15, -0.1) is 0 Å². The number of rotatable bonds is 3. The van der Waals surface area contributed by atoms with Gasteiger partial charge in [-0.2, -0.15) is 4.37 Å². The van der Waals surface area contributed by atoms with Gasteiger partial charge in [-0.3, -0.25) is 0 Å². The smallest absolute Gasteiger partial charge is 0.139 e. The van der Waals surface area contributed by atoms with Crippen LogP contribution in [-0.4, -0.2) is 34.9 Å². The Bertz CT molecular complexity index is 304. The molecule has 3 N–H and O–H groups in total. The van der Waals surface area contributed by atoms with Crippen molar-refractivity contribution in [2.75, 3.05) is 30.7 Å². The van der Waals surface area contributed by atoms with Crippen molar-refractivity contribution in [3.8, 4) is 0 Å². The first-order valence-corrected chi connectivity index (χ1v) is 6.26. The maximum Gasteiger partial charge on any atom is 0.139 e. The molecule has 0 amide bonds. The molecule has 0 saturated carbocycles. The molecule has 0 spiro atoms. The lowest BCUT2D eigenvalue weighted by molar-refractivity contribution is 0.230. The summed E-state index contributed by atoms with van der Waals surface area (Å²) < 4.78 is 4.06. The standard InChI is InChI=1S/C10H18N4S/c1-2-14-5-3-8(4-6-14)12-10-7-9(11)13-15-10/h7-8,12H,2-6H2,1H3,(H2,11,13). The predicted molar refractivity (Wildman–Crippen MR) is 65.3 cm³/mol. The summed E-state index contributed by atoms with van der Waals surface area (Å²) in [7, 11) is 0. The summed E-state index contributed by atoms with van der Waals surface area (Å²) in [5.74, 6) is 0.619. The minimum absolute atomic E-state index is 0.590. The number of nitrogen functional groups attached to an aromatic ring is 1.